The lowest BCUT2D eigenvalue weighted by molar-refractivity contribution is 0.0696. The highest BCUT2D eigenvalue weighted by molar-refractivity contribution is 6.30. The maximum absolute atomic E-state index is 12.5. The first-order chi connectivity index (χ1) is 17.0. The zero-order valence-electron chi connectivity index (χ0n) is 19.0. The largest absolute Gasteiger partial charge is 0.478 e. The zero-order chi connectivity index (χ0) is 24.6. The lowest BCUT2D eigenvalue weighted by atomic mass is 10.2. The van der Waals surface area contributed by atoms with Crippen molar-refractivity contribution in [3.05, 3.63) is 77.2 Å². The highest BCUT2D eigenvalue weighted by Gasteiger charge is 2.22. The van der Waals surface area contributed by atoms with Gasteiger partial charge in [0.05, 0.1) is 10.6 Å². The predicted molar refractivity (Wildman–Crippen MR) is 129 cm³/mol. The number of nitrogens with zero attached hydrogens (tertiary/aromatic N) is 4. The quantitative estimate of drug-likeness (QED) is 0.490. The van der Waals surface area contributed by atoms with E-state index in [0.29, 0.717) is 35.5 Å². The van der Waals surface area contributed by atoms with Crippen molar-refractivity contribution in [2.24, 2.45) is 0 Å². The van der Waals surface area contributed by atoms with Crippen LogP contribution in [0.4, 0.5) is 4.79 Å². The van der Waals surface area contributed by atoms with Crippen LogP contribution < -0.4 is 9.47 Å². The third-order valence-electron chi connectivity index (χ3n) is 5.56. The van der Waals surface area contributed by atoms with E-state index in [1.807, 2.05) is 0 Å². The number of hydrogen-bond acceptors (Lipinski definition) is 7. The van der Waals surface area contributed by atoms with Gasteiger partial charge in [0.2, 0.25) is 5.88 Å². The number of carbonyl (C=O) groups is 2. The summed E-state index contributed by atoms with van der Waals surface area (Å²) in [5.74, 6) is 0.457. The Morgan fingerprint density at radius 3 is 2.29 bits per heavy atom. The SMILES string of the molecule is O=C(O)c1ccc(CCCN2CCN(C(=O)Oc3ccc(Oc4ccc(Cl)cn4)cc3)CC2)nc1. The van der Waals surface area contributed by atoms with E-state index < -0.39 is 5.97 Å². The van der Waals surface area contributed by atoms with Crippen LogP contribution in [0.1, 0.15) is 22.5 Å². The molecule has 9 nitrogen and oxygen atoms in total. The Bertz CT molecular complexity index is 1130. The average molecular weight is 497 g/mol. The Kier molecular flexibility index (Phi) is 8.12. The minimum atomic E-state index is -0.974. The minimum Gasteiger partial charge on any atom is -0.478 e. The van der Waals surface area contributed by atoms with Gasteiger partial charge in [0, 0.05) is 50.3 Å². The van der Waals surface area contributed by atoms with E-state index in [1.54, 1.807) is 53.4 Å². The van der Waals surface area contributed by atoms with Gasteiger partial charge in [-0.2, -0.15) is 0 Å². The Morgan fingerprint density at radius 2 is 1.66 bits per heavy atom. The molecule has 182 valence electrons. The Balaban J connectivity index is 1.17. The molecule has 10 heteroatoms. The molecule has 3 aromatic rings. The van der Waals surface area contributed by atoms with Crippen LogP contribution in [-0.4, -0.2) is 69.7 Å². The second-order valence-corrected chi connectivity index (χ2v) is 8.47. The van der Waals surface area contributed by atoms with Crippen LogP contribution in [0, 0.1) is 0 Å². The van der Waals surface area contributed by atoms with Gasteiger partial charge >= 0.3 is 12.1 Å². The molecular formula is C25H25ClN4O5. The van der Waals surface area contributed by atoms with Gasteiger partial charge in [-0.1, -0.05) is 11.6 Å². The molecule has 4 rings (SSSR count). The van der Waals surface area contributed by atoms with E-state index in [1.165, 1.54) is 12.4 Å². The second-order valence-electron chi connectivity index (χ2n) is 8.03. The van der Waals surface area contributed by atoms with Crippen molar-refractivity contribution < 1.29 is 24.2 Å². The van der Waals surface area contributed by atoms with Gasteiger partial charge in [-0.3, -0.25) is 9.88 Å². The standard InChI is InChI=1S/C25H25ClN4O5/c26-19-4-10-23(28-17-19)34-21-6-8-22(9-7-21)35-25(33)30-14-12-29(13-15-30)11-1-2-20-5-3-18(16-27-20)24(31)32/h3-10,16-17H,1-2,11-15H2,(H,31,32). The van der Waals surface area contributed by atoms with Crippen LogP contribution in [0.5, 0.6) is 17.4 Å². The highest BCUT2D eigenvalue weighted by atomic mass is 35.5. The van der Waals surface area contributed by atoms with Crippen LogP contribution in [0.25, 0.3) is 0 Å². The van der Waals surface area contributed by atoms with E-state index in [4.69, 9.17) is 26.2 Å². The summed E-state index contributed by atoms with van der Waals surface area (Å²) >= 11 is 5.82. The fourth-order valence-corrected chi connectivity index (χ4v) is 3.73. The summed E-state index contributed by atoms with van der Waals surface area (Å²) < 4.78 is 11.1. The van der Waals surface area contributed by atoms with E-state index in [2.05, 4.69) is 14.9 Å². The summed E-state index contributed by atoms with van der Waals surface area (Å²) in [7, 11) is 0. The normalized spacial score (nSPS) is 13.9. The van der Waals surface area contributed by atoms with Crippen molar-refractivity contribution in [3.8, 4) is 17.4 Å². The first-order valence-electron chi connectivity index (χ1n) is 11.2. The maximum Gasteiger partial charge on any atom is 0.415 e. The number of carboxylic acid groups (broad SMARTS) is 1. The molecule has 1 N–H and O–H groups in total. The van der Waals surface area contributed by atoms with Gasteiger partial charge < -0.3 is 19.5 Å². The van der Waals surface area contributed by atoms with Crippen molar-refractivity contribution in [2.75, 3.05) is 32.7 Å². The third kappa shape index (κ3) is 7.14. The fourth-order valence-electron chi connectivity index (χ4n) is 3.62. The number of aromatic carboxylic acids is 1. The van der Waals surface area contributed by atoms with E-state index >= 15 is 0 Å². The smallest absolute Gasteiger partial charge is 0.415 e. The Morgan fingerprint density at radius 1 is 0.914 bits per heavy atom. The molecule has 0 unspecified atom stereocenters. The van der Waals surface area contributed by atoms with Crippen molar-refractivity contribution in [1.82, 2.24) is 19.8 Å². The fraction of sp³-hybridized carbons (Fsp3) is 0.280. The third-order valence-corrected chi connectivity index (χ3v) is 5.78. The number of aryl methyl sites for hydroxylation is 1. The molecule has 1 aromatic carbocycles. The molecule has 35 heavy (non-hydrogen) atoms. The number of benzene rings is 1. The van der Waals surface area contributed by atoms with Crippen LogP contribution in [0.15, 0.2) is 60.9 Å². The van der Waals surface area contributed by atoms with Gasteiger partial charge in [0.25, 0.3) is 0 Å². The first-order valence-corrected chi connectivity index (χ1v) is 11.6. The van der Waals surface area contributed by atoms with Crippen molar-refractivity contribution in [1.29, 1.82) is 0 Å². The number of piperazine rings is 1. The molecular weight excluding hydrogens is 472 g/mol. The summed E-state index contributed by atoms with van der Waals surface area (Å²) in [6.45, 7) is 3.60. The molecule has 0 spiro atoms. The predicted octanol–water partition coefficient (Wildman–Crippen LogP) is 4.37. The lowest BCUT2D eigenvalue weighted by Crippen LogP contribution is -2.49. The van der Waals surface area contributed by atoms with Gasteiger partial charge in [-0.05, 0) is 61.9 Å². The molecule has 0 radical (unpaired) electrons. The van der Waals surface area contributed by atoms with Gasteiger partial charge in [0.15, 0.2) is 0 Å². The molecule has 0 atom stereocenters. The van der Waals surface area contributed by atoms with Gasteiger partial charge in [-0.25, -0.2) is 14.6 Å². The molecule has 3 heterocycles. The minimum absolute atomic E-state index is 0.191. The summed E-state index contributed by atoms with van der Waals surface area (Å²) in [4.78, 5) is 35.7. The van der Waals surface area contributed by atoms with Crippen molar-refractivity contribution >= 4 is 23.7 Å². The van der Waals surface area contributed by atoms with Crippen LogP contribution in [0.3, 0.4) is 0 Å². The number of ether oxygens (including phenoxy) is 2. The van der Waals surface area contributed by atoms with Crippen molar-refractivity contribution in [3.63, 3.8) is 0 Å². The number of amides is 1. The zero-order valence-corrected chi connectivity index (χ0v) is 19.7. The molecule has 1 aliphatic rings. The number of pyridine rings is 2. The number of rotatable bonds is 8. The molecule has 2 aromatic heterocycles. The Hall–Kier alpha value is -3.69. The molecule has 0 bridgehead atoms. The van der Waals surface area contributed by atoms with Crippen LogP contribution >= 0.6 is 11.6 Å². The second kappa shape index (κ2) is 11.6. The average Bonchev–Trinajstić information content (AvgIpc) is 2.87. The molecule has 1 aliphatic heterocycles. The topological polar surface area (TPSA) is 105 Å². The van der Waals surface area contributed by atoms with E-state index in [9.17, 15) is 9.59 Å². The highest BCUT2D eigenvalue weighted by Crippen LogP contribution is 2.23. The monoisotopic (exact) mass is 496 g/mol. The molecule has 0 saturated carbocycles. The van der Waals surface area contributed by atoms with E-state index in [-0.39, 0.29) is 11.7 Å². The molecule has 1 saturated heterocycles. The van der Waals surface area contributed by atoms with Crippen LogP contribution in [0.2, 0.25) is 5.02 Å². The summed E-state index contributed by atoms with van der Waals surface area (Å²) in [5, 5.41) is 9.47. The molecule has 1 amide bonds. The number of halogens is 1. The summed E-state index contributed by atoms with van der Waals surface area (Å²) in [6.07, 6.45) is 4.20. The summed E-state index contributed by atoms with van der Waals surface area (Å²) in [5.41, 5.74) is 1.06. The van der Waals surface area contributed by atoms with Gasteiger partial charge in [-0.15, -0.1) is 0 Å². The summed E-state index contributed by atoms with van der Waals surface area (Å²) in [6, 6.07) is 13.5. The number of aromatic nitrogens is 2. The number of carbonyl (C=O) groups excluding carboxylic acids is 1. The van der Waals surface area contributed by atoms with Crippen molar-refractivity contribution in [2.45, 2.75) is 12.8 Å². The maximum atomic E-state index is 12.5. The first kappa shape index (κ1) is 24.4. The Labute approximate surface area is 207 Å². The lowest BCUT2D eigenvalue weighted by Gasteiger charge is -2.34. The molecule has 0 aliphatic carbocycles. The van der Waals surface area contributed by atoms with E-state index in [0.717, 1.165) is 38.2 Å². The molecule has 1 fully saturated rings. The number of carboxylic acids is 1. The van der Waals surface area contributed by atoms with Gasteiger partial charge in [0.1, 0.15) is 11.5 Å². The number of hydrogen-bond donors (Lipinski definition) is 1. The van der Waals surface area contributed by atoms with Crippen LogP contribution in [-0.2, 0) is 6.42 Å².